The molecule has 0 saturated carbocycles. The molecule has 0 saturated heterocycles. The first-order chi connectivity index (χ1) is 17.7. The summed E-state index contributed by atoms with van der Waals surface area (Å²) in [7, 11) is 0. The van der Waals surface area contributed by atoms with E-state index in [1.807, 2.05) is 0 Å². The highest BCUT2D eigenvalue weighted by Crippen LogP contribution is 2.14. The van der Waals surface area contributed by atoms with E-state index in [0.29, 0.717) is 22.4 Å². The van der Waals surface area contributed by atoms with Crippen molar-refractivity contribution < 1.29 is 38.1 Å². The Hall–Kier alpha value is -5.06. The number of Topliss-reactive ketones (excluding diaryl/α,β-unsaturated/α-hetero) is 1. The van der Waals surface area contributed by atoms with Crippen LogP contribution in [0.4, 0.5) is 9.18 Å². The zero-order valence-electron chi connectivity index (χ0n) is 19.5. The molecule has 10 nitrogen and oxygen atoms in total. The number of aliphatic carboxylic acids is 1. The van der Waals surface area contributed by atoms with Crippen molar-refractivity contribution >= 4 is 30.0 Å². The molecule has 3 aromatic carbocycles. The minimum Gasteiger partial charge on any atom is -0.482 e. The molecule has 0 spiro atoms. The van der Waals surface area contributed by atoms with Gasteiger partial charge in [0.2, 0.25) is 0 Å². The number of halogens is 1. The Labute approximate surface area is 210 Å². The van der Waals surface area contributed by atoms with Crippen molar-refractivity contribution in [1.29, 1.82) is 0 Å². The van der Waals surface area contributed by atoms with Gasteiger partial charge in [-0.2, -0.15) is 5.10 Å². The van der Waals surface area contributed by atoms with Crippen LogP contribution in [0, 0.1) is 5.82 Å². The van der Waals surface area contributed by atoms with Gasteiger partial charge in [0.15, 0.2) is 12.4 Å². The van der Waals surface area contributed by atoms with Gasteiger partial charge in [0.25, 0.3) is 5.91 Å². The third kappa shape index (κ3) is 8.28. The molecule has 3 N–H and O–H groups in total. The van der Waals surface area contributed by atoms with Gasteiger partial charge in [-0.3, -0.25) is 9.59 Å². The largest absolute Gasteiger partial charge is 0.482 e. The molecular formula is C26H22FN3O7. The third-order valence-electron chi connectivity index (χ3n) is 4.81. The molecular weight excluding hydrogens is 485 g/mol. The number of benzene rings is 3. The molecule has 0 aromatic heterocycles. The fourth-order valence-electron chi connectivity index (χ4n) is 2.97. The highest BCUT2D eigenvalue weighted by molar-refractivity contribution is 6.04. The average Bonchev–Trinajstić information content (AvgIpc) is 2.89. The summed E-state index contributed by atoms with van der Waals surface area (Å²) in [5.41, 5.74) is 3.37. The first kappa shape index (κ1) is 26.5. The topological polar surface area (TPSA) is 143 Å². The number of carboxylic acid groups (broad SMARTS) is 1. The molecule has 0 aliphatic heterocycles. The number of ether oxygens (including phenoxy) is 2. The lowest BCUT2D eigenvalue weighted by molar-refractivity contribution is -0.139. The maximum absolute atomic E-state index is 12.9. The van der Waals surface area contributed by atoms with Crippen LogP contribution in [0.5, 0.6) is 11.5 Å². The number of rotatable bonds is 10. The number of nitrogens with one attached hydrogen (secondary N) is 2. The Morgan fingerprint density at radius 1 is 0.919 bits per heavy atom. The van der Waals surface area contributed by atoms with Gasteiger partial charge in [-0.1, -0.05) is 12.1 Å². The van der Waals surface area contributed by atoms with E-state index < -0.39 is 36.4 Å². The average molecular weight is 507 g/mol. The van der Waals surface area contributed by atoms with Crippen LogP contribution in [-0.2, 0) is 4.79 Å². The van der Waals surface area contributed by atoms with Crippen LogP contribution in [0.2, 0.25) is 0 Å². The van der Waals surface area contributed by atoms with Crippen LogP contribution in [-0.4, -0.2) is 47.7 Å². The van der Waals surface area contributed by atoms with E-state index in [1.54, 1.807) is 19.1 Å². The lowest BCUT2D eigenvalue weighted by Gasteiger charge is -2.13. The molecule has 190 valence electrons. The smallest absolute Gasteiger partial charge is 0.433 e. The van der Waals surface area contributed by atoms with Crippen molar-refractivity contribution in [3.05, 3.63) is 95.3 Å². The fourth-order valence-corrected chi connectivity index (χ4v) is 2.97. The maximum Gasteiger partial charge on any atom is 0.433 e. The van der Waals surface area contributed by atoms with Gasteiger partial charge in [-0.25, -0.2) is 19.4 Å². The first-order valence-electron chi connectivity index (χ1n) is 10.9. The Morgan fingerprint density at radius 3 is 2.14 bits per heavy atom. The van der Waals surface area contributed by atoms with Gasteiger partial charge >= 0.3 is 12.1 Å². The van der Waals surface area contributed by atoms with Crippen LogP contribution >= 0.6 is 0 Å². The quantitative estimate of drug-likeness (QED) is 0.217. The maximum atomic E-state index is 12.9. The summed E-state index contributed by atoms with van der Waals surface area (Å²) in [5.74, 6) is -1.91. The molecule has 0 heterocycles. The Kier molecular flexibility index (Phi) is 9.03. The summed E-state index contributed by atoms with van der Waals surface area (Å²) >= 11 is 0. The second kappa shape index (κ2) is 12.6. The van der Waals surface area contributed by atoms with Gasteiger partial charge in [-0.05, 0) is 73.2 Å². The third-order valence-corrected chi connectivity index (χ3v) is 4.81. The molecule has 0 bridgehead atoms. The predicted molar refractivity (Wildman–Crippen MR) is 130 cm³/mol. The fraction of sp³-hybridized carbons (Fsp3) is 0.115. The van der Waals surface area contributed by atoms with Crippen LogP contribution in [0.15, 0.2) is 77.9 Å². The summed E-state index contributed by atoms with van der Waals surface area (Å²) in [6.07, 6.45) is 0.476. The molecule has 0 aliphatic rings. The number of amides is 2. The molecule has 0 fully saturated rings. The molecule has 37 heavy (non-hydrogen) atoms. The Balaban J connectivity index is 1.49. The van der Waals surface area contributed by atoms with Crippen molar-refractivity contribution in [1.82, 2.24) is 10.7 Å². The lowest BCUT2D eigenvalue weighted by Crippen LogP contribution is -2.38. The highest BCUT2D eigenvalue weighted by atomic mass is 19.1. The van der Waals surface area contributed by atoms with Crippen LogP contribution < -0.4 is 20.2 Å². The van der Waals surface area contributed by atoms with Gasteiger partial charge in [0.05, 0.1) is 12.3 Å². The summed E-state index contributed by atoms with van der Waals surface area (Å²) < 4.78 is 22.8. The van der Waals surface area contributed by atoms with Crippen molar-refractivity contribution in [2.45, 2.75) is 13.0 Å². The van der Waals surface area contributed by atoms with Crippen molar-refractivity contribution in [2.24, 2.45) is 5.10 Å². The number of hydrogen-bond acceptors (Lipinski definition) is 7. The second-order valence-electron chi connectivity index (χ2n) is 7.60. The van der Waals surface area contributed by atoms with Gasteiger partial charge in [-0.15, -0.1) is 0 Å². The van der Waals surface area contributed by atoms with E-state index in [4.69, 9.17) is 14.6 Å². The van der Waals surface area contributed by atoms with Crippen molar-refractivity contribution in [3.8, 4) is 11.5 Å². The summed E-state index contributed by atoms with van der Waals surface area (Å²) in [6, 6.07) is 16.2. The first-order valence-corrected chi connectivity index (χ1v) is 10.9. The number of hydrazone groups is 1. The van der Waals surface area contributed by atoms with Gasteiger partial charge in [0.1, 0.15) is 17.3 Å². The summed E-state index contributed by atoms with van der Waals surface area (Å²) in [6.45, 7) is 1.05. The van der Waals surface area contributed by atoms with E-state index in [0.717, 1.165) is 12.1 Å². The van der Waals surface area contributed by atoms with E-state index in [1.165, 1.54) is 54.7 Å². The zero-order chi connectivity index (χ0) is 26.8. The van der Waals surface area contributed by atoms with Crippen molar-refractivity contribution in [3.63, 3.8) is 0 Å². The SMILES string of the molecule is C[C@H](NC(=O)c1ccc(C=NNC(=O)Oc2ccc(F)cc2)cc1)C(=O)c1ccc(OCC(=O)O)cc1. The number of carboxylic acids is 1. The van der Waals surface area contributed by atoms with E-state index in [9.17, 15) is 23.6 Å². The van der Waals surface area contributed by atoms with Gasteiger partial charge in [0, 0.05) is 11.1 Å². The minimum atomic E-state index is -1.11. The van der Waals surface area contributed by atoms with Crippen LogP contribution in [0.25, 0.3) is 0 Å². The van der Waals surface area contributed by atoms with Crippen LogP contribution in [0.3, 0.4) is 0 Å². The van der Waals surface area contributed by atoms with Crippen molar-refractivity contribution in [2.75, 3.05) is 6.61 Å². The molecule has 0 aliphatic carbocycles. The predicted octanol–water partition coefficient (Wildman–Crippen LogP) is 3.41. The number of hydrogen-bond donors (Lipinski definition) is 3. The Morgan fingerprint density at radius 2 is 1.51 bits per heavy atom. The van der Waals surface area contributed by atoms with E-state index in [2.05, 4.69) is 15.8 Å². The molecule has 3 rings (SSSR count). The monoisotopic (exact) mass is 507 g/mol. The van der Waals surface area contributed by atoms with Crippen LogP contribution in [0.1, 0.15) is 33.2 Å². The second-order valence-corrected chi connectivity index (χ2v) is 7.60. The molecule has 1 atom stereocenters. The lowest BCUT2D eigenvalue weighted by atomic mass is 10.0. The van der Waals surface area contributed by atoms with Gasteiger partial charge < -0.3 is 19.9 Å². The summed E-state index contributed by atoms with van der Waals surface area (Å²) in [4.78, 5) is 47.4. The number of carbonyl (C=O) groups excluding carboxylic acids is 3. The molecule has 0 radical (unpaired) electrons. The number of carbonyl (C=O) groups is 4. The summed E-state index contributed by atoms with van der Waals surface area (Å²) in [5, 5.41) is 15.0. The molecule has 0 unspecified atom stereocenters. The van der Waals surface area contributed by atoms with E-state index >= 15 is 0 Å². The molecule has 11 heteroatoms. The Bertz CT molecular complexity index is 1290. The number of nitrogens with zero attached hydrogens (tertiary/aromatic N) is 1. The zero-order valence-corrected chi connectivity index (χ0v) is 19.5. The minimum absolute atomic E-state index is 0.152. The van der Waals surface area contributed by atoms with E-state index in [-0.39, 0.29) is 11.5 Å². The highest BCUT2D eigenvalue weighted by Gasteiger charge is 2.18. The molecule has 3 aromatic rings. The standard InChI is InChI=1S/C26H22FN3O7/c1-16(24(33)18-6-10-21(11-7-18)36-15-23(31)32)29-25(34)19-4-2-17(3-5-19)14-28-30-26(35)37-22-12-8-20(27)9-13-22/h2-14,16H,15H2,1H3,(H,29,34)(H,30,35)(H,31,32)/t16-/m0/s1. The normalized spacial score (nSPS) is 11.4. The molecule has 2 amide bonds. The number of ketones is 1.